The van der Waals surface area contributed by atoms with E-state index in [4.69, 9.17) is 15.2 Å². The van der Waals surface area contributed by atoms with E-state index in [2.05, 4.69) is 5.32 Å². The Balaban J connectivity index is 1.73. The zero-order valence-corrected chi connectivity index (χ0v) is 15.4. The summed E-state index contributed by atoms with van der Waals surface area (Å²) in [7, 11) is 0. The Morgan fingerprint density at radius 2 is 1.96 bits per heavy atom. The molecule has 1 heterocycles. The fraction of sp³-hybridized carbons (Fsp3) is 0.474. The van der Waals surface area contributed by atoms with E-state index in [1.165, 1.54) is 6.20 Å². The molecule has 1 aliphatic carbocycles. The van der Waals surface area contributed by atoms with Gasteiger partial charge in [-0.1, -0.05) is 0 Å². The molecule has 1 aliphatic rings. The summed E-state index contributed by atoms with van der Waals surface area (Å²) in [6.07, 6.45) is 3.16. The van der Waals surface area contributed by atoms with E-state index in [1.54, 1.807) is 10.6 Å². The van der Waals surface area contributed by atoms with Gasteiger partial charge in [0.2, 0.25) is 5.43 Å². The Kier molecular flexibility index (Phi) is 6.61. The maximum absolute atomic E-state index is 14.5. The second-order valence-electron chi connectivity index (χ2n) is 6.60. The molecule has 0 aliphatic heterocycles. The standard InChI is InChI=1S/C19H24FN3O5/c20-15-9-13-17(10-16(15)22-4-6-28-8-7-27-5-3-21)23(12-1-2-12)11-14(18(13)24)19(25)26/h9-12,22H,1-8,21H2,(H,25,26). The van der Waals surface area contributed by atoms with Crippen molar-refractivity contribution in [1.29, 1.82) is 0 Å². The first kappa shape index (κ1) is 20.2. The van der Waals surface area contributed by atoms with Crippen LogP contribution in [0.5, 0.6) is 0 Å². The summed E-state index contributed by atoms with van der Waals surface area (Å²) in [5.41, 5.74) is 5.06. The van der Waals surface area contributed by atoms with Gasteiger partial charge in [0.25, 0.3) is 0 Å². The number of carboxylic acids is 1. The number of ether oxygens (including phenoxy) is 2. The number of nitrogens with two attached hydrogens (primary N) is 1. The molecule has 1 aromatic carbocycles. The van der Waals surface area contributed by atoms with Crippen molar-refractivity contribution < 1.29 is 23.8 Å². The molecule has 0 saturated heterocycles. The minimum absolute atomic E-state index is 0.0724. The molecule has 152 valence electrons. The molecule has 1 fully saturated rings. The molecule has 0 unspecified atom stereocenters. The molecular formula is C19H24FN3O5. The van der Waals surface area contributed by atoms with Crippen LogP contribution in [-0.4, -0.2) is 55.2 Å². The maximum atomic E-state index is 14.5. The average molecular weight is 393 g/mol. The van der Waals surface area contributed by atoms with Crippen molar-refractivity contribution in [2.75, 3.05) is 44.8 Å². The maximum Gasteiger partial charge on any atom is 0.341 e. The van der Waals surface area contributed by atoms with E-state index in [0.717, 1.165) is 18.9 Å². The van der Waals surface area contributed by atoms with Crippen molar-refractivity contribution in [3.8, 4) is 0 Å². The SMILES string of the molecule is NCCOCCOCCNc1cc2c(cc1F)c(=O)c(C(=O)O)cn2C1CC1. The van der Waals surface area contributed by atoms with E-state index in [1.807, 2.05) is 0 Å². The number of halogens is 1. The fourth-order valence-electron chi connectivity index (χ4n) is 2.98. The predicted octanol–water partition coefficient (Wildman–Crippen LogP) is 1.58. The van der Waals surface area contributed by atoms with E-state index in [0.29, 0.717) is 45.0 Å². The predicted molar refractivity (Wildman–Crippen MR) is 103 cm³/mol. The summed E-state index contributed by atoms with van der Waals surface area (Å²) >= 11 is 0. The van der Waals surface area contributed by atoms with E-state index >= 15 is 0 Å². The molecule has 4 N–H and O–H groups in total. The van der Waals surface area contributed by atoms with Gasteiger partial charge in [0.05, 0.1) is 37.6 Å². The fourth-order valence-corrected chi connectivity index (χ4v) is 2.98. The molecule has 0 atom stereocenters. The van der Waals surface area contributed by atoms with Gasteiger partial charge in [-0.15, -0.1) is 0 Å². The largest absolute Gasteiger partial charge is 0.477 e. The number of fused-ring (bicyclic) bond motifs is 1. The number of carboxylic acid groups (broad SMARTS) is 1. The van der Waals surface area contributed by atoms with Crippen molar-refractivity contribution >= 4 is 22.6 Å². The van der Waals surface area contributed by atoms with Crippen molar-refractivity contribution in [2.24, 2.45) is 5.73 Å². The van der Waals surface area contributed by atoms with Crippen LogP contribution in [-0.2, 0) is 9.47 Å². The van der Waals surface area contributed by atoms with Gasteiger partial charge < -0.3 is 30.2 Å². The summed E-state index contributed by atoms with van der Waals surface area (Å²) in [6, 6.07) is 2.80. The Morgan fingerprint density at radius 1 is 1.25 bits per heavy atom. The first-order valence-electron chi connectivity index (χ1n) is 9.24. The highest BCUT2D eigenvalue weighted by Crippen LogP contribution is 2.37. The molecule has 8 nitrogen and oxygen atoms in total. The second-order valence-corrected chi connectivity index (χ2v) is 6.60. The van der Waals surface area contributed by atoms with Crippen LogP contribution in [0.15, 0.2) is 23.1 Å². The molecule has 0 amide bonds. The average Bonchev–Trinajstić information content (AvgIpc) is 3.50. The van der Waals surface area contributed by atoms with E-state index < -0.39 is 17.2 Å². The number of carbonyl (C=O) groups is 1. The summed E-state index contributed by atoms with van der Waals surface area (Å²) in [5.74, 6) is -1.92. The number of pyridine rings is 1. The zero-order valence-electron chi connectivity index (χ0n) is 15.4. The van der Waals surface area contributed by atoms with Gasteiger partial charge in [-0.2, -0.15) is 0 Å². The quantitative estimate of drug-likeness (QED) is 0.496. The van der Waals surface area contributed by atoms with Crippen LogP contribution < -0.4 is 16.5 Å². The first-order valence-corrected chi connectivity index (χ1v) is 9.24. The minimum Gasteiger partial charge on any atom is -0.477 e. The summed E-state index contributed by atoms with van der Waals surface area (Å²) in [4.78, 5) is 23.8. The molecule has 1 saturated carbocycles. The Labute approximate surface area is 161 Å². The number of nitrogens with zero attached hydrogens (tertiary/aromatic N) is 1. The topological polar surface area (TPSA) is 116 Å². The van der Waals surface area contributed by atoms with Gasteiger partial charge in [0.15, 0.2) is 0 Å². The number of hydrogen-bond acceptors (Lipinski definition) is 6. The van der Waals surface area contributed by atoms with Crippen molar-refractivity contribution in [1.82, 2.24) is 4.57 Å². The van der Waals surface area contributed by atoms with Crippen LogP contribution >= 0.6 is 0 Å². The number of rotatable bonds is 11. The van der Waals surface area contributed by atoms with Gasteiger partial charge in [-0.3, -0.25) is 4.79 Å². The lowest BCUT2D eigenvalue weighted by Gasteiger charge is -2.14. The molecule has 1 aromatic heterocycles. The molecule has 2 aromatic rings. The third-order valence-corrected chi connectivity index (χ3v) is 4.49. The Morgan fingerprint density at radius 3 is 2.61 bits per heavy atom. The van der Waals surface area contributed by atoms with Crippen molar-refractivity contribution in [2.45, 2.75) is 18.9 Å². The molecule has 0 radical (unpaired) electrons. The lowest BCUT2D eigenvalue weighted by atomic mass is 10.1. The highest BCUT2D eigenvalue weighted by molar-refractivity contribution is 5.93. The Hall–Kier alpha value is -2.49. The third-order valence-electron chi connectivity index (χ3n) is 4.49. The van der Waals surface area contributed by atoms with Gasteiger partial charge in [0.1, 0.15) is 11.4 Å². The van der Waals surface area contributed by atoms with Crippen molar-refractivity contribution in [3.63, 3.8) is 0 Å². The van der Waals surface area contributed by atoms with E-state index in [-0.39, 0.29) is 22.7 Å². The van der Waals surface area contributed by atoms with Gasteiger partial charge in [-0.25, -0.2) is 9.18 Å². The lowest BCUT2D eigenvalue weighted by molar-refractivity contribution is 0.0547. The van der Waals surface area contributed by atoms with Crippen LogP contribution in [0.4, 0.5) is 10.1 Å². The highest BCUT2D eigenvalue weighted by Gasteiger charge is 2.27. The molecule has 0 spiro atoms. The number of anilines is 1. The minimum atomic E-state index is -1.31. The van der Waals surface area contributed by atoms with Crippen LogP contribution in [0.25, 0.3) is 10.9 Å². The summed E-state index contributed by atoms with van der Waals surface area (Å²) in [5, 5.41) is 12.3. The number of benzene rings is 1. The number of nitrogens with one attached hydrogen (secondary N) is 1. The van der Waals surface area contributed by atoms with E-state index in [9.17, 15) is 19.1 Å². The molecule has 28 heavy (non-hydrogen) atoms. The number of hydrogen-bond donors (Lipinski definition) is 3. The number of aromatic carboxylic acids is 1. The highest BCUT2D eigenvalue weighted by atomic mass is 19.1. The van der Waals surface area contributed by atoms with Crippen LogP contribution in [0.1, 0.15) is 29.2 Å². The third kappa shape index (κ3) is 4.67. The van der Waals surface area contributed by atoms with Crippen LogP contribution in [0, 0.1) is 5.82 Å². The molecule has 3 rings (SSSR count). The first-order chi connectivity index (χ1) is 13.5. The summed E-state index contributed by atoms with van der Waals surface area (Å²) < 4.78 is 26.8. The molecular weight excluding hydrogens is 369 g/mol. The lowest BCUT2D eigenvalue weighted by Crippen LogP contribution is -2.19. The second kappa shape index (κ2) is 9.13. The van der Waals surface area contributed by atoms with Crippen LogP contribution in [0.2, 0.25) is 0 Å². The number of aromatic nitrogens is 1. The normalized spacial score (nSPS) is 13.8. The zero-order chi connectivity index (χ0) is 20.1. The summed E-state index contributed by atoms with van der Waals surface area (Å²) in [6.45, 7) is 2.54. The van der Waals surface area contributed by atoms with Gasteiger partial charge in [-0.05, 0) is 25.0 Å². The van der Waals surface area contributed by atoms with Gasteiger partial charge in [0, 0.05) is 30.7 Å². The smallest absolute Gasteiger partial charge is 0.341 e. The van der Waals surface area contributed by atoms with Crippen molar-refractivity contribution in [3.05, 3.63) is 39.9 Å². The Bertz CT molecular complexity index is 911. The molecule has 0 bridgehead atoms. The van der Waals surface area contributed by atoms with Gasteiger partial charge >= 0.3 is 5.97 Å². The molecule has 9 heteroatoms. The monoisotopic (exact) mass is 393 g/mol. The van der Waals surface area contributed by atoms with Crippen LogP contribution in [0.3, 0.4) is 0 Å².